The molecule has 0 atom stereocenters. The summed E-state index contributed by atoms with van der Waals surface area (Å²) in [6.07, 6.45) is 8.40. The van der Waals surface area contributed by atoms with Crippen LogP contribution < -0.4 is 0 Å². The van der Waals surface area contributed by atoms with E-state index >= 15 is 0 Å². The van der Waals surface area contributed by atoms with Crippen LogP contribution in [0.1, 0.15) is 65.7 Å². The number of carbonyl (C=O) groups is 1. The highest BCUT2D eigenvalue weighted by atomic mass is 32.1. The predicted octanol–water partition coefficient (Wildman–Crippen LogP) is 4.04. The molecule has 0 aromatic heterocycles. The van der Waals surface area contributed by atoms with Crippen LogP contribution in [0.3, 0.4) is 0 Å². The zero-order chi connectivity index (χ0) is 20.1. The van der Waals surface area contributed by atoms with Crippen molar-refractivity contribution in [3.05, 3.63) is 0 Å². The lowest BCUT2D eigenvalue weighted by Crippen LogP contribution is -2.46. The number of carbonyl (C=O) groups excluding carboxylic acids is 1. The molecule has 3 aliphatic heterocycles. The van der Waals surface area contributed by atoms with Crippen molar-refractivity contribution in [3.8, 4) is 0 Å². The molecule has 0 radical (unpaired) electrons. The zero-order valence-electron chi connectivity index (χ0n) is 18.4. The lowest BCUT2D eigenvalue weighted by molar-refractivity contribution is -0.138. The third-order valence-corrected chi connectivity index (χ3v) is 7.90. The standard InChI is InChI=1S/C23H41N3OS/c1-18(2)21-9-16-26(17-10-21)23(27)22-7-12-24(13-8-22)11-4-20-5-14-25(15-6-20)19(3)28/h18,20-22H,4-17H2,1-3H3. The number of nitrogens with zero attached hydrogens (tertiary/aromatic N) is 3. The Balaban J connectivity index is 1.32. The molecule has 1 amide bonds. The van der Waals surface area contributed by atoms with Gasteiger partial charge in [-0.3, -0.25) is 4.79 Å². The van der Waals surface area contributed by atoms with Gasteiger partial charge < -0.3 is 14.7 Å². The van der Waals surface area contributed by atoms with Crippen LogP contribution in [0.25, 0.3) is 0 Å². The molecule has 0 unspecified atom stereocenters. The van der Waals surface area contributed by atoms with Crippen molar-refractivity contribution < 1.29 is 4.79 Å². The highest BCUT2D eigenvalue weighted by molar-refractivity contribution is 7.80. The van der Waals surface area contributed by atoms with Gasteiger partial charge in [-0.2, -0.15) is 0 Å². The summed E-state index contributed by atoms with van der Waals surface area (Å²) in [5, 5.41) is 0. The minimum absolute atomic E-state index is 0.278. The van der Waals surface area contributed by atoms with Gasteiger partial charge >= 0.3 is 0 Å². The summed E-state index contributed by atoms with van der Waals surface area (Å²) in [6.45, 7) is 14.4. The molecule has 3 aliphatic rings. The van der Waals surface area contributed by atoms with Crippen LogP contribution in [0.5, 0.6) is 0 Å². The molecule has 5 heteroatoms. The summed E-state index contributed by atoms with van der Waals surface area (Å²) < 4.78 is 0. The Labute approximate surface area is 178 Å². The molecule has 0 N–H and O–H groups in total. The van der Waals surface area contributed by atoms with Gasteiger partial charge in [-0.15, -0.1) is 0 Å². The van der Waals surface area contributed by atoms with Gasteiger partial charge in [-0.25, -0.2) is 0 Å². The smallest absolute Gasteiger partial charge is 0.225 e. The van der Waals surface area contributed by atoms with Gasteiger partial charge in [0, 0.05) is 32.1 Å². The number of likely N-dealkylation sites (tertiary alicyclic amines) is 3. The number of rotatable bonds is 5. The number of amides is 1. The molecule has 0 aliphatic carbocycles. The first-order chi connectivity index (χ1) is 13.4. The maximum absolute atomic E-state index is 12.9. The molecular formula is C23H41N3OS. The van der Waals surface area contributed by atoms with Gasteiger partial charge in [0.1, 0.15) is 0 Å². The number of thiocarbonyl (C=S) groups is 1. The molecule has 3 heterocycles. The maximum Gasteiger partial charge on any atom is 0.225 e. The molecule has 3 rings (SSSR count). The Morgan fingerprint density at radius 3 is 2.00 bits per heavy atom. The minimum Gasteiger partial charge on any atom is -0.366 e. The van der Waals surface area contributed by atoms with E-state index in [-0.39, 0.29) is 5.92 Å². The monoisotopic (exact) mass is 407 g/mol. The lowest BCUT2D eigenvalue weighted by Gasteiger charge is -2.38. The van der Waals surface area contributed by atoms with E-state index < -0.39 is 0 Å². The van der Waals surface area contributed by atoms with Crippen LogP contribution in [-0.2, 0) is 4.79 Å². The first kappa shape index (κ1) is 22.0. The molecule has 160 valence electrons. The summed E-state index contributed by atoms with van der Waals surface area (Å²) in [5.41, 5.74) is 0. The second-order valence-electron chi connectivity index (χ2n) is 9.76. The average Bonchev–Trinajstić information content (AvgIpc) is 2.72. The molecule has 0 saturated carbocycles. The van der Waals surface area contributed by atoms with Crippen LogP contribution in [0.4, 0.5) is 0 Å². The normalized spacial score (nSPS) is 24.1. The van der Waals surface area contributed by atoms with Crippen LogP contribution >= 0.6 is 12.2 Å². The molecule has 0 bridgehead atoms. The fraction of sp³-hybridized carbons (Fsp3) is 0.913. The van der Waals surface area contributed by atoms with Crippen molar-refractivity contribution in [2.24, 2.45) is 23.7 Å². The van der Waals surface area contributed by atoms with Crippen molar-refractivity contribution in [3.63, 3.8) is 0 Å². The summed E-state index contributed by atoms with van der Waals surface area (Å²) in [7, 11) is 0. The van der Waals surface area contributed by atoms with Gasteiger partial charge in [0.15, 0.2) is 0 Å². The fourth-order valence-corrected chi connectivity index (χ4v) is 5.53. The SMILES string of the molecule is CC(=S)N1CCC(CCN2CCC(C(=O)N3CCC(C(C)C)CC3)CC2)CC1. The molecule has 3 saturated heterocycles. The first-order valence-electron chi connectivity index (χ1n) is 11.7. The maximum atomic E-state index is 12.9. The van der Waals surface area contributed by atoms with Gasteiger partial charge in [0.25, 0.3) is 0 Å². The van der Waals surface area contributed by atoms with E-state index in [2.05, 4.69) is 28.5 Å². The summed E-state index contributed by atoms with van der Waals surface area (Å²) in [5.74, 6) is 3.15. The van der Waals surface area contributed by atoms with Gasteiger partial charge in [0.05, 0.1) is 4.99 Å². The van der Waals surface area contributed by atoms with E-state index in [4.69, 9.17) is 12.2 Å². The number of hydrogen-bond acceptors (Lipinski definition) is 3. The largest absolute Gasteiger partial charge is 0.366 e. The Morgan fingerprint density at radius 1 is 0.893 bits per heavy atom. The second-order valence-corrected chi connectivity index (χ2v) is 10.4. The molecule has 0 aromatic carbocycles. The Hall–Kier alpha value is -0.680. The van der Waals surface area contributed by atoms with E-state index in [9.17, 15) is 4.79 Å². The van der Waals surface area contributed by atoms with Crippen LogP contribution in [-0.4, -0.2) is 71.4 Å². The van der Waals surface area contributed by atoms with Gasteiger partial charge in [0.2, 0.25) is 5.91 Å². The average molecular weight is 408 g/mol. The topological polar surface area (TPSA) is 26.8 Å². The molecule has 28 heavy (non-hydrogen) atoms. The predicted molar refractivity (Wildman–Crippen MR) is 120 cm³/mol. The van der Waals surface area contributed by atoms with E-state index in [1.54, 1.807) is 0 Å². The van der Waals surface area contributed by atoms with Gasteiger partial charge in [-0.05, 0) is 89.3 Å². The fourth-order valence-electron chi connectivity index (χ4n) is 5.35. The van der Waals surface area contributed by atoms with Crippen LogP contribution in [0.15, 0.2) is 0 Å². The first-order valence-corrected chi connectivity index (χ1v) is 12.1. The Bertz CT molecular complexity index is 514. The summed E-state index contributed by atoms with van der Waals surface area (Å²) >= 11 is 5.30. The zero-order valence-corrected chi connectivity index (χ0v) is 19.2. The van der Waals surface area contributed by atoms with Crippen LogP contribution in [0, 0.1) is 23.7 Å². The Kier molecular flexibility index (Phi) is 8.16. The lowest BCUT2D eigenvalue weighted by atomic mass is 9.85. The third kappa shape index (κ3) is 5.91. The molecule has 3 fully saturated rings. The van der Waals surface area contributed by atoms with Crippen molar-refractivity contribution in [2.75, 3.05) is 45.8 Å². The molecule has 4 nitrogen and oxygen atoms in total. The quantitative estimate of drug-likeness (QED) is 0.643. The van der Waals surface area contributed by atoms with E-state index in [0.29, 0.717) is 5.91 Å². The van der Waals surface area contributed by atoms with E-state index in [1.165, 1.54) is 38.6 Å². The van der Waals surface area contributed by atoms with Crippen LogP contribution in [0.2, 0.25) is 0 Å². The summed E-state index contributed by atoms with van der Waals surface area (Å²) in [4.78, 5) is 21.1. The van der Waals surface area contributed by atoms with E-state index in [0.717, 1.165) is 74.9 Å². The number of piperidine rings is 3. The molecule has 0 spiro atoms. The van der Waals surface area contributed by atoms with Crippen molar-refractivity contribution >= 4 is 23.1 Å². The van der Waals surface area contributed by atoms with Gasteiger partial charge in [-0.1, -0.05) is 26.1 Å². The highest BCUT2D eigenvalue weighted by Gasteiger charge is 2.31. The van der Waals surface area contributed by atoms with E-state index in [1.807, 2.05) is 6.92 Å². The van der Waals surface area contributed by atoms with Crippen molar-refractivity contribution in [1.29, 1.82) is 0 Å². The molecule has 0 aromatic rings. The Morgan fingerprint density at radius 2 is 1.46 bits per heavy atom. The second kappa shape index (κ2) is 10.4. The molecular weight excluding hydrogens is 366 g/mol. The highest BCUT2D eigenvalue weighted by Crippen LogP contribution is 2.28. The number of hydrogen-bond donors (Lipinski definition) is 0. The third-order valence-electron chi connectivity index (χ3n) is 7.64. The van der Waals surface area contributed by atoms with Crippen molar-refractivity contribution in [1.82, 2.24) is 14.7 Å². The van der Waals surface area contributed by atoms with Crippen molar-refractivity contribution in [2.45, 2.75) is 65.7 Å². The minimum atomic E-state index is 0.278. The summed E-state index contributed by atoms with van der Waals surface area (Å²) in [6, 6.07) is 0.